The molecular weight excluding hydrogens is 398 g/mol. The number of hydrogen-bond donors (Lipinski definition) is 0. The zero-order valence-corrected chi connectivity index (χ0v) is 18.7. The Hall–Kier alpha value is -1.86. The van der Waals surface area contributed by atoms with Crippen LogP contribution in [0.5, 0.6) is 0 Å². The fourth-order valence-electron chi connectivity index (χ4n) is 4.96. The lowest BCUT2D eigenvalue weighted by atomic mass is 9.79. The van der Waals surface area contributed by atoms with E-state index in [2.05, 4.69) is 43.0 Å². The van der Waals surface area contributed by atoms with Crippen molar-refractivity contribution in [2.45, 2.75) is 45.6 Å². The SMILES string of the molecule is CC(C)c1ccc(CN2CCCC3(CCN(C(=O)CN4C(=O)CSC4=O)C3)C2)cc1. The van der Waals surface area contributed by atoms with E-state index in [-0.39, 0.29) is 34.8 Å². The van der Waals surface area contributed by atoms with E-state index in [4.69, 9.17) is 0 Å². The highest BCUT2D eigenvalue weighted by Gasteiger charge is 2.43. The van der Waals surface area contributed by atoms with Gasteiger partial charge in [0, 0.05) is 31.6 Å². The molecule has 3 heterocycles. The van der Waals surface area contributed by atoms with E-state index in [9.17, 15) is 14.4 Å². The van der Waals surface area contributed by atoms with Crippen molar-refractivity contribution in [3.8, 4) is 0 Å². The van der Waals surface area contributed by atoms with Crippen LogP contribution in [0.4, 0.5) is 4.79 Å². The smallest absolute Gasteiger partial charge is 0.289 e. The van der Waals surface area contributed by atoms with E-state index >= 15 is 0 Å². The van der Waals surface area contributed by atoms with Crippen LogP contribution in [-0.2, 0) is 16.1 Å². The molecule has 0 bridgehead atoms. The number of thioether (sulfide) groups is 1. The Balaban J connectivity index is 1.34. The van der Waals surface area contributed by atoms with Crippen molar-refractivity contribution in [1.82, 2.24) is 14.7 Å². The number of amides is 3. The summed E-state index contributed by atoms with van der Waals surface area (Å²) in [6.45, 7) is 8.82. The summed E-state index contributed by atoms with van der Waals surface area (Å²) >= 11 is 0.983. The number of piperidine rings is 1. The summed E-state index contributed by atoms with van der Waals surface area (Å²) in [7, 11) is 0. The number of hydrogen-bond acceptors (Lipinski definition) is 5. The molecule has 162 valence electrons. The molecular formula is C23H31N3O3S. The lowest BCUT2D eigenvalue weighted by molar-refractivity contribution is -0.136. The average molecular weight is 430 g/mol. The van der Waals surface area contributed by atoms with E-state index in [0.717, 1.165) is 68.6 Å². The number of likely N-dealkylation sites (tertiary alicyclic amines) is 2. The third-order valence-corrected chi connectivity index (χ3v) is 7.58. The number of carbonyl (C=O) groups is 3. The molecule has 3 aliphatic heterocycles. The van der Waals surface area contributed by atoms with Crippen molar-refractivity contribution in [3.63, 3.8) is 0 Å². The number of benzene rings is 1. The predicted molar refractivity (Wildman–Crippen MR) is 118 cm³/mol. The number of nitrogens with zero attached hydrogens (tertiary/aromatic N) is 3. The first-order chi connectivity index (χ1) is 14.3. The van der Waals surface area contributed by atoms with E-state index < -0.39 is 0 Å². The van der Waals surface area contributed by atoms with Gasteiger partial charge in [-0.25, -0.2) is 0 Å². The molecule has 4 rings (SSSR count). The molecule has 0 saturated carbocycles. The largest absolute Gasteiger partial charge is 0.341 e. The van der Waals surface area contributed by atoms with Crippen LogP contribution in [0.25, 0.3) is 0 Å². The van der Waals surface area contributed by atoms with E-state index in [1.54, 1.807) is 0 Å². The van der Waals surface area contributed by atoms with Crippen LogP contribution in [-0.4, -0.2) is 70.2 Å². The van der Waals surface area contributed by atoms with Gasteiger partial charge in [-0.05, 0) is 42.9 Å². The van der Waals surface area contributed by atoms with Gasteiger partial charge in [0.25, 0.3) is 5.24 Å². The van der Waals surface area contributed by atoms with Gasteiger partial charge in [0.1, 0.15) is 6.54 Å². The van der Waals surface area contributed by atoms with Gasteiger partial charge in [0.2, 0.25) is 11.8 Å². The molecule has 3 saturated heterocycles. The summed E-state index contributed by atoms with van der Waals surface area (Å²) in [4.78, 5) is 41.8. The molecule has 1 spiro atoms. The molecule has 0 aliphatic carbocycles. The maximum Gasteiger partial charge on any atom is 0.289 e. The normalized spacial score (nSPS) is 25.2. The van der Waals surface area contributed by atoms with Crippen molar-refractivity contribution in [2.75, 3.05) is 38.5 Å². The fourth-order valence-corrected chi connectivity index (χ4v) is 5.69. The van der Waals surface area contributed by atoms with Crippen molar-refractivity contribution in [3.05, 3.63) is 35.4 Å². The van der Waals surface area contributed by atoms with E-state index in [1.807, 2.05) is 4.90 Å². The molecule has 0 aromatic heterocycles. The predicted octanol–water partition coefficient (Wildman–Crippen LogP) is 3.32. The topological polar surface area (TPSA) is 60.9 Å². The number of rotatable bonds is 5. The Morgan fingerprint density at radius 1 is 1.10 bits per heavy atom. The van der Waals surface area contributed by atoms with Gasteiger partial charge in [0.15, 0.2) is 0 Å². The average Bonchev–Trinajstić information content (AvgIpc) is 3.27. The Morgan fingerprint density at radius 2 is 1.87 bits per heavy atom. The molecule has 3 aliphatic rings. The highest BCUT2D eigenvalue weighted by molar-refractivity contribution is 8.14. The molecule has 0 N–H and O–H groups in total. The molecule has 0 radical (unpaired) electrons. The highest BCUT2D eigenvalue weighted by atomic mass is 32.2. The van der Waals surface area contributed by atoms with E-state index in [1.165, 1.54) is 11.1 Å². The number of imide groups is 1. The minimum atomic E-state index is -0.297. The highest BCUT2D eigenvalue weighted by Crippen LogP contribution is 2.39. The van der Waals surface area contributed by atoms with Gasteiger partial charge in [0.05, 0.1) is 5.75 Å². The van der Waals surface area contributed by atoms with Gasteiger partial charge in [-0.15, -0.1) is 0 Å². The van der Waals surface area contributed by atoms with Crippen molar-refractivity contribution >= 4 is 28.8 Å². The maximum atomic E-state index is 12.7. The van der Waals surface area contributed by atoms with Gasteiger partial charge >= 0.3 is 0 Å². The molecule has 30 heavy (non-hydrogen) atoms. The molecule has 1 aromatic carbocycles. The van der Waals surface area contributed by atoms with Gasteiger partial charge in [-0.2, -0.15) is 0 Å². The Kier molecular flexibility index (Phi) is 6.21. The lowest BCUT2D eigenvalue weighted by Gasteiger charge is -2.40. The van der Waals surface area contributed by atoms with Crippen LogP contribution >= 0.6 is 11.8 Å². The summed E-state index contributed by atoms with van der Waals surface area (Å²) in [5.74, 6) is 0.351. The first kappa shape index (κ1) is 21.4. The summed E-state index contributed by atoms with van der Waals surface area (Å²) < 4.78 is 0. The third kappa shape index (κ3) is 4.57. The first-order valence-electron chi connectivity index (χ1n) is 10.9. The second-order valence-electron chi connectivity index (χ2n) is 9.31. The number of carbonyl (C=O) groups excluding carboxylic acids is 3. The monoisotopic (exact) mass is 429 g/mol. The van der Waals surface area contributed by atoms with Gasteiger partial charge in [-0.3, -0.25) is 24.2 Å². The van der Waals surface area contributed by atoms with Crippen LogP contribution in [0.2, 0.25) is 0 Å². The fraction of sp³-hybridized carbons (Fsp3) is 0.609. The molecule has 3 fully saturated rings. The molecule has 7 heteroatoms. The molecule has 1 atom stereocenters. The van der Waals surface area contributed by atoms with E-state index in [0.29, 0.717) is 5.92 Å². The Bertz CT molecular complexity index is 809. The van der Waals surface area contributed by atoms with Crippen molar-refractivity contribution in [2.24, 2.45) is 5.41 Å². The first-order valence-corrected chi connectivity index (χ1v) is 11.9. The quantitative estimate of drug-likeness (QED) is 0.719. The third-order valence-electron chi connectivity index (χ3n) is 6.72. The second kappa shape index (κ2) is 8.71. The minimum absolute atomic E-state index is 0.0996. The standard InChI is InChI=1S/C23H31N3O3S/c1-17(2)19-6-4-18(5-7-19)12-24-10-3-8-23(15-24)9-11-25(16-23)20(27)13-26-21(28)14-30-22(26)29/h4-7,17H,3,8-16H2,1-2H3. The summed E-state index contributed by atoms with van der Waals surface area (Å²) in [6, 6.07) is 8.94. The second-order valence-corrected chi connectivity index (χ2v) is 10.2. The molecule has 1 aromatic rings. The van der Waals surface area contributed by atoms with Crippen LogP contribution < -0.4 is 0 Å². The zero-order valence-electron chi connectivity index (χ0n) is 17.9. The molecule has 3 amide bonds. The summed E-state index contributed by atoms with van der Waals surface area (Å²) in [6.07, 6.45) is 3.28. The lowest BCUT2D eigenvalue weighted by Crippen LogP contribution is -2.46. The molecule has 1 unspecified atom stereocenters. The van der Waals surface area contributed by atoms with Gasteiger partial charge in [-0.1, -0.05) is 49.9 Å². The molecule has 6 nitrogen and oxygen atoms in total. The van der Waals surface area contributed by atoms with Crippen LogP contribution in [0, 0.1) is 5.41 Å². The van der Waals surface area contributed by atoms with Gasteiger partial charge < -0.3 is 4.90 Å². The van der Waals surface area contributed by atoms with Crippen molar-refractivity contribution < 1.29 is 14.4 Å². The zero-order chi connectivity index (χ0) is 21.3. The summed E-state index contributed by atoms with van der Waals surface area (Å²) in [5, 5.41) is -0.297. The van der Waals surface area contributed by atoms with Crippen LogP contribution in [0.1, 0.15) is 50.2 Å². The Labute approximate surface area is 183 Å². The van der Waals surface area contributed by atoms with Crippen molar-refractivity contribution in [1.29, 1.82) is 0 Å². The van der Waals surface area contributed by atoms with Crippen LogP contribution in [0.15, 0.2) is 24.3 Å². The Morgan fingerprint density at radius 3 is 2.53 bits per heavy atom. The van der Waals surface area contributed by atoms with Crippen LogP contribution in [0.3, 0.4) is 0 Å². The summed E-state index contributed by atoms with van der Waals surface area (Å²) in [5.41, 5.74) is 2.85. The maximum absolute atomic E-state index is 12.7. The minimum Gasteiger partial charge on any atom is -0.341 e.